The Kier molecular flexibility index (Phi) is 7.18. The van der Waals surface area contributed by atoms with E-state index in [-0.39, 0.29) is 24.3 Å². The Morgan fingerprint density at radius 3 is 2.37 bits per heavy atom. The largest absolute Gasteiger partial charge is 0.493 e. The molecule has 1 aliphatic heterocycles. The number of carbonyl (C=O) groups excluding carboxylic acids is 2. The molecule has 0 aliphatic carbocycles. The maximum Gasteiger partial charge on any atom is 0.271 e. The monoisotopic (exact) mass is 484 g/mol. The van der Waals surface area contributed by atoms with E-state index in [1.165, 1.54) is 21.3 Å². The molecule has 2 aromatic heterocycles. The molecule has 1 aliphatic rings. The lowest BCUT2D eigenvalue weighted by atomic mass is 9.95. The molecule has 0 bridgehead atoms. The second kappa shape index (κ2) is 10.5. The lowest BCUT2D eigenvalue weighted by Crippen LogP contribution is -2.43. The van der Waals surface area contributed by atoms with Gasteiger partial charge in [-0.3, -0.25) is 14.7 Å². The van der Waals surface area contributed by atoms with Gasteiger partial charge in [0, 0.05) is 24.6 Å². The number of likely N-dealkylation sites (tertiary alicyclic amines) is 1. The van der Waals surface area contributed by atoms with Crippen LogP contribution in [0.1, 0.15) is 35.0 Å². The summed E-state index contributed by atoms with van der Waals surface area (Å²) in [6.45, 7) is 2.84. The predicted molar refractivity (Wildman–Crippen MR) is 123 cm³/mol. The number of aryl methyl sites for hydroxylation is 1. The molecule has 1 aromatic carbocycles. The number of carbonyl (C=O) groups is 2. The van der Waals surface area contributed by atoms with E-state index in [0.717, 1.165) is 0 Å². The number of aromatic nitrogens is 4. The first kappa shape index (κ1) is 24.0. The number of H-pyrrole nitrogens is 1. The van der Waals surface area contributed by atoms with Gasteiger partial charge in [-0.2, -0.15) is 10.1 Å². The third-order valence-corrected chi connectivity index (χ3v) is 5.91. The van der Waals surface area contributed by atoms with Crippen molar-refractivity contribution in [3.05, 3.63) is 35.6 Å². The Morgan fingerprint density at radius 1 is 1.11 bits per heavy atom. The predicted octanol–water partition coefficient (Wildman–Crippen LogP) is 1.96. The molecule has 2 N–H and O–H groups in total. The van der Waals surface area contributed by atoms with Gasteiger partial charge in [-0.1, -0.05) is 5.16 Å². The van der Waals surface area contributed by atoms with Crippen LogP contribution in [0.15, 0.2) is 22.7 Å². The Hall–Kier alpha value is -4.09. The second-order valence-electron chi connectivity index (χ2n) is 8.10. The number of aromatic amines is 1. The molecule has 12 nitrogen and oxygen atoms in total. The molecule has 3 heterocycles. The quantitative estimate of drug-likeness (QED) is 0.490. The van der Waals surface area contributed by atoms with Crippen LogP contribution in [0.3, 0.4) is 0 Å². The van der Waals surface area contributed by atoms with E-state index in [2.05, 4.69) is 25.7 Å². The third kappa shape index (κ3) is 5.20. The van der Waals surface area contributed by atoms with E-state index in [1.54, 1.807) is 30.0 Å². The third-order valence-electron chi connectivity index (χ3n) is 5.91. The summed E-state index contributed by atoms with van der Waals surface area (Å²) in [6, 6.07) is 5.23. The smallest absolute Gasteiger partial charge is 0.271 e. The molecule has 0 atom stereocenters. The average molecular weight is 485 g/mol. The molecular weight excluding hydrogens is 456 g/mol. The zero-order valence-corrected chi connectivity index (χ0v) is 20.1. The topological polar surface area (TPSA) is 145 Å². The van der Waals surface area contributed by atoms with Crippen LogP contribution < -0.4 is 19.5 Å². The number of benzene rings is 1. The minimum Gasteiger partial charge on any atom is -0.493 e. The minimum atomic E-state index is -0.181. The molecular formula is C23H28N6O6. The van der Waals surface area contributed by atoms with E-state index in [1.807, 2.05) is 0 Å². The van der Waals surface area contributed by atoms with Gasteiger partial charge in [0.25, 0.3) is 5.91 Å². The van der Waals surface area contributed by atoms with E-state index in [0.29, 0.717) is 71.8 Å². The van der Waals surface area contributed by atoms with Gasteiger partial charge in [-0.15, -0.1) is 0 Å². The van der Waals surface area contributed by atoms with Crippen LogP contribution in [0, 0.1) is 12.8 Å². The number of piperidine rings is 1. The first-order chi connectivity index (χ1) is 16.9. The summed E-state index contributed by atoms with van der Waals surface area (Å²) in [6.07, 6.45) is 1.13. The highest BCUT2D eigenvalue weighted by Gasteiger charge is 2.29. The molecule has 0 unspecified atom stereocenters. The van der Waals surface area contributed by atoms with Crippen LogP contribution in [-0.2, 0) is 11.3 Å². The van der Waals surface area contributed by atoms with E-state index in [9.17, 15) is 9.59 Å². The first-order valence-electron chi connectivity index (χ1n) is 11.2. The number of nitrogens with zero attached hydrogens (tertiary/aromatic N) is 4. The van der Waals surface area contributed by atoms with Crippen molar-refractivity contribution < 1.29 is 28.3 Å². The molecule has 0 saturated carbocycles. The maximum atomic E-state index is 13.0. The summed E-state index contributed by atoms with van der Waals surface area (Å²) >= 11 is 0. The van der Waals surface area contributed by atoms with Crippen LogP contribution in [0.5, 0.6) is 17.2 Å². The fourth-order valence-electron chi connectivity index (χ4n) is 4.04. The minimum absolute atomic E-state index is 0.0841. The first-order valence-corrected chi connectivity index (χ1v) is 11.2. The summed E-state index contributed by atoms with van der Waals surface area (Å²) in [5.41, 5.74) is 1.64. The van der Waals surface area contributed by atoms with Crippen molar-refractivity contribution in [1.29, 1.82) is 0 Å². The maximum absolute atomic E-state index is 13.0. The SMILES string of the molecule is COc1cc(-c2cc(C(=O)N3CCC(C(=O)NCc4nc(C)no4)CC3)[nH]n2)cc(OC)c1OC. The summed E-state index contributed by atoms with van der Waals surface area (Å²) in [4.78, 5) is 31.3. The van der Waals surface area contributed by atoms with Crippen LogP contribution >= 0.6 is 0 Å². The van der Waals surface area contributed by atoms with Crippen molar-refractivity contribution in [2.45, 2.75) is 26.3 Å². The molecule has 12 heteroatoms. The van der Waals surface area contributed by atoms with Crippen molar-refractivity contribution in [2.24, 2.45) is 5.92 Å². The Balaban J connectivity index is 1.37. The number of rotatable bonds is 8. The van der Waals surface area contributed by atoms with E-state index >= 15 is 0 Å². The van der Waals surface area contributed by atoms with Gasteiger partial charge < -0.3 is 29.0 Å². The number of ether oxygens (including phenoxy) is 3. The van der Waals surface area contributed by atoms with Crippen molar-refractivity contribution in [1.82, 2.24) is 30.6 Å². The molecule has 0 radical (unpaired) electrons. The standard InChI is InChI=1S/C23H28N6O6/c1-13-25-20(35-28-13)12-24-22(30)14-5-7-29(8-6-14)23(31)17-11-16(26-27-17)15-9-18(32-2)21(34-4)19(10-15)33-3/h9-11,14H,5-8,12H2,1-4H3,(H,24,30)(H,26,27). The molecule has 35 heavy (non-hydrogen) atoms. The van der Waals surface area contributed by atoms with Crippen molar-refractivity contribution in [3.8, 4) is 28.5 Å². The summed E-state index contributed by atoms with van der Waals surface area (Å²) in [7, 11) is 4.61. The van der Waals surface area contributed by atoms with Gasteiger partial charge in [-0.25, -0.2) is 0 Å². The van der Waals surface area contributed by atoms with Gasteiger partial charge in [0.05, 0.1) is 33.6 Å². The van der Waals surface area contributed by atoms with Crippen LogP contribution in [-0.4, -0.2) is 71.5 Å². The van der Waals surface area contributed by atoms with Crippen LogP contribution in [0.25, 0.3) is 11.3 Å². The van der Waals surface area contributed by atoms with E-state index in [4.69, 9.17) is 18.7 Å². The Morgan fingerprint density at radius 2 is 1.80 bits per heavy atom. The van der Waals surface area contributed by atoms with Crippen LogP contribution in [0.4, 0.5) is 0 Å². The lowest BCUT2D eigenvalue weighted by molar-refractivity contribution is -0.126. The highest BCUT2D eigenvalue weighted by molar-refractivity contribution is 5.93. The summed E-state index contributed by atoms with van der Waals surface area (Å²) in [5, 5.41) is 13.6. The van der Waals surface area contributed by atoms with Crippen molar-refractivity contribution >= 4 is 11.8 Å². The zero-order valence-electron chi connectivity index (χ0n) is 20.1. The van der Waals surface area contributed by atoms with E-state index < -0.39 is 0 Å². The van der Waals surface area contributed by atoms with Gasteiger partial charge in [-0.05, 0) is 38.0 Å². The fourth-order valence-corrected chi connectivity index (χ4v) is 4.04. The average Bonchev–Trinajstić information content (AvgIpc) is 3.55. The molecule has 1 saturated heterocycles. The highest BCUT2D eigenvalue weighted by atomic mass is 16.5. The highest BCUT2D eigenvalue weighted by Crippen LogP contribution is 2.40. The van der Waals surface area contributed by atoms with Crippen molar-refractivity contribution in [3.63, 3.8) is 0 Å². The van der Waals surface area contributed by atoms with Gasteiger partial charge in [0.2, 0.25) is 17.5 Å². The number of hydrogen-bond acceptors (Lipinski definition) is 9. The van der Waals surface area contributed by atoms with Gasteiger partial charge >= 0.3 is 0 Å². The van der Waals surface area contributed by atoms with Gasteiger partial charge in [0.1, 0.15) is 5.69 Å². The second-order valence-corrected chi connectivity index (χ2v) is 8.10. The normalized spacial score (nSPS) is 14.0. The summed E-state index contributed by atoms with van der Waals surface area (Å²) in [5.74, 6) is 1.92. The Labute approximate surface area is 201 Å². The molecule has 4 rings (SSSR count). The molecule has 3 aromatic rings. The number of nitrogens with one attached hydrogen (secondary N) is 2. The molecule has 2 amide bonds. The van der Waals surface area contributed by atoms with Crippen LogP contribution in [0.2, 0.25) is 0 Å². The lowest BCUT2D eigenvalue weighted by Gasteiger charge is -2.30. The molecule has 0 spiro atoms. The number of methoxy groups -OCH3 is 3. The fraction of sp³-hybridized carbons (Fsp3) is 0.435. The Bertz CT molecular complexity index is 1170. The zero-order chi connectivity index (χ0) is 24.9. The summed E-state index contributed by atoms with van der Waals surface area (Å²) < 4.78 is 21.2. The van der Waals surface area contributed by atoms with Gasteiger partial charge in [0.15, 0.2) is 17.3 Å². The number of hydrogen-bond donors (Lipinski definition) is 2. The van der Waals surface area contributed by atoms with Crippen molar-refractivity contribution in [2.75, 3.05) is 34.4 Å². The molecule has 1 fully saturated rings. The number of amides is 2. The molecule has 186 valence electrons.